The molecule has 0 amide bonds. The molecular weight excluding hydrogens is 231 g/mol. The summed E-state index contributed by atoms with van der Waals surface area (Å²) < 4.78 is 18.3. The van der Waals surface area contributed by atoms with Crippen LogP contribution < -0.4 is 15.8 Å². The van der Waals surface area contributed by atoms with E-state index in [9.17, 15) is 4.39 Å². The van der Waals surface area contributed by atoms with Gasteiger partial charge in [-0.3, -0.25) is 0 Å². The Labute approximate surface area is 105 Å². The summed E-state index contributed by atoms with van der Waals surface area (Å²) >= 11 is 0. The number of rotatable bonds is 3. The number of nitrogen functional groups attached to an aromatic ring is 1. The van der Waals surface area contributed by atoms with Crippen molar-refractivity contribution in [3.63, 3.8) is 0 Å². The topological polar surface area (TPSA) is 47.3 Å². The van der Waals surface area contributed by atoms with Crippen molar-refractivity contribution in [2.45, 2.75) is 6.92 Å². The van der Waals surface area contributed by atoms with Crippen LogP contribution in [0.5, 0.6) is 5.75 Å². The number of hydrogen-bond donors (Lipinski definition) is 2. The number of nitrogens with two attached hydrogens (primary N) is 1. The minimum absolute atomic E-state index is 0.166. The van der Waals surface area contributed by atoms with E-state index in [1.165, 1.54) is 18.7 Å². The first kappa shape index (κ1) is 12.2. The van der Waals surface area contributed by atoms with Gasteiger partial charge in [0.1, 0.15) is 0 Å². The van der Waals surface area contributed by atoms with Gasteiger partial charge in [0, 0.05) is 17.8 Å². The molecule has 0 saturated carbocycles. The molecule has 2 aromatic carbocycles. The maximum absolute atomic E-state index is 13.4. The van der Waals surface area contributed by atoms with Gasteiger partial charge in [0.2, 0.25) is 0 Å². The summed E-state index contributed by atoms with van der Waals surface area (Å²) in [4.78, 5) is 0. The van der Waals surface area contributed by atoms with Crippen molar-refractivity contribution < 1.29 is 9.13 Å². The Balaban J connectivity index is 2.31. The standard InChI is InChI=1S/C14H15FN2O/c1-9-3-5-10(6-4-9)17-13-8-14(18-2)11(15)7-12(13)16/h3-8,17H,16H2,1-2H3. The third kappa shape index (κ3) is 2.53. The van der Waals surface area contributed by atoms with Crippen molar-refractivity contribution in [3.05, 3.63) is 47.8 Å². The van der Waals surface area contributed by atoms with Crippen molar-refractivity contribution in [1.29, 1.82) is 0 Å². The van der Waals surface area contributed by atoms with Crippen LogP contribution in [0.1, 0.15) is 5.56 Å². The van der Waals surface area contributed by atoms with Crippen LogP contribution in [0.4, 0.5) is 21.5 Å². The lowest BCUT2D eigenvalue weighted by atomic mass is 10.2. The van der Waals surface area contributed by atoms with Crippen LogP contribution >= 0.6 is 0 Å². The minimum atomic E-state index is -0.468. The Kier molecular flexibility index (Phi) is 3.37. The lowest BCUT2D eigenvalue weighted by Crippen LogP contribution is -1.99. The molecule has 0 bridgehead atoms. The summed E-state index contributed by atoms with van der Waals surface area (Å²) in [7, 11) is 1.42. The number of hydrogen-bond acceptors (Lipinski definition) is 3. The highest BCUT2D eigenvalue weighted by Crippen LogP contribution is 2.30. The van der Waals surface area contributed by atoms with Crippen LogP contribution in [-0.4, -0.2) is 7.11 Å². The molecule has 3 N–H and O–H groups in total. The maximum atomic E-state index is 13.4. The fourth-order valence-electron chi connectivity index (χ4n) is 1.63. The third-order valence-electron chi connectivity index (χ3n) is 2.65. The molecule has 0 aromatic heterocycles. The molecule has 0 spiro atoms. The average Bonchev–Trinajstić information content (AvgIpc) is 2.35. The fourth-order valence-corrected chi connectivity index (χ4v) is 1.63. The average molecular weight is 246 g/mol. The third-order valence-corrected chi connectivity index (χ3v) is 2.65. The Bertz CT molecular complexity index is 552. The maximum Gasteiger partial charge on any atom is 0.167 e. The first-order chi connectivity index (χ1) is 8.60. The van der Waals surface area contributed by atoms with Crippen molar-refractivity contribution in [2.24, 2.45) is 0 Å². The number of halogens is 1. The fraction of sp³-hybridized carbons (Fsp3) is 0.143. The zero-order chi connectivity index (χ0) is 13.1. The van der Waals surface area contributed by atoms with E-state index in [-0.39, 0.29) is 5.75 Å². The molecular formula is C14H15FN2O. The van der Waals surface area contributed by atoms with E-state index >= 15 is 0 Å². The van der Waals surface area contributed by atoms with Gasteiger partial charge in [0.05, 0.1) is 18.5 Å². The first-order valence-electron chi connectivity index (χ1n) is 5.57. The Morgan fingerprint density at radius 2 is 1.83 bits per heavy atom. The van der Waals surface area contributed by atoms with E-state index in [1.54, 1.807) is 6.07 Å². The molecule has 0 heterocycles. The smallest absolute Gasteiger partial charge is 0.167 e. The molecule has 4 heteroatoms. The Morgan fingerprint density at radius 3 is 2.44 bits per heavy atom. The van der Waals surface area contributed by atoms with Crippen molar-refractivity contribution in [2.75, 3.05) is 18.2 Å². The normalized spacial score (nSPS) is 10.2. The van der Waals surface area contributed by atoms with Gasteiger partial charge in [0.25, 0.3) is 0 Å². The van der Waals surface area contributed by atoms with E-state index < -0.39 is 5.82 Å². The summed E-state index contributed by atoms with van der Waals surface area (Å²) in [5.74, 6) is -0.303. The molecule has 0 radical (unpaired) electrons. The van der Waals surface area contributed by atoms with E-state index in [0.29, 0.717) is 11.4 Å². The molecule has 3 nitrogen and oxygen atoms in total. The predicted octanol–water partition coefficient (Wildman–Crippen LogP) is 3.47. The number of anilines is 3. The molecule has 2 aromatic rings. The summed E-state index contributed by atoms with van der Waals surface area (Å²) in [5, 5.41) is 3.13. The second-order valence-corrected chi connectivity index (χ2v) is 4.07. The molecule has 2 rings (SSSR count). The molecule has 0 aliphatic carbocycles. The summed E-state index contributed by atoms with van der Waals surface area (Å²) in [5.41, 5.74) is 8.79. The molecule has 18 heavy (non-hydrogen) atoms. The van der Waals surface area contributed by atoms with E-state index in [1.807, 2.05) is 31.2 Å². The number of benzene rings is 2. The van der Waals surface area contributed by atoms with Gasteiger partial charge in [-0.2, -0.15) is 0 Å². The minimum Gasteiger partial charge on any atom is -0.494 e. The Hall–Kier alpha value is -2.23. The highest BCUT2D eigenvalue weighted by Gasteiger charge is 2.08. The number of ether oxygens (including phenoxy) is 1. The highest BCUT2D eigenvalue weighted by atomic mass is 19.1. The molecule has 0 atom stereocenters. The van der Waals surface area contributed by atoms with Crippen LogP contribution in [0.2, 0.25) is 0 Å². The van der Waals surface area contributed by atoms with E-state index in [0.717, 1.165) is 5.69 Å². The van der Waals surface area contributed by atoms with Crippen molar-refractivity contribution >= 4 is 17.1 Å². The second-order valence-electron chi connectivity index (χ2n) is 4.07. The van der Waals surface area contributed by atoms with Crippen LogP contribution in [0.25, 0.3) is 0 Å². The van der Waals surface area contributed by atoms with Gasteiger partial charge in [-0.15, -0.1) is 0 Å². The van der Waals surface area contributed by atoms with Crippen molar-refractivity contribution in [1.82, 2.24) is 0 Å². The largest absolute Gasteiger partial charge is 0.494 e. The van der Waals surface area contributed by atoms with Gasteiger partial charge >= 0.3 is 0 Å². The van der Waals surface area contributed by atoms with E-state index in [4.69, 9.17) is 10.5 Å². The highest BCUT2D eigenvalue weighted by molar-refractivity contribution is 5.74. The molecule has 0 saturated heterocycles. The monoisotopic (exact) mass is 246 g/mol. The number of aryl methyl sites for hydroxylation is 1. The zero-order valence-electron chi connectivity index (χ0n) is 10.3. The summed E-state index contributed by atoms with van der Waals surface area (Å²) in [6, 6.07) is 10.6. The molecule has 94 valence electrons. The van der Waals surface area contributed by atoms with Crippen LogP contribution in [-0.2, 0) is 0 Å². The lowest BCUT2D eigenvalue weighted by molar-refractivity contribution is 0.387. The number of nitrogens with one attached hydrogen (secondary N) is 1. The molecule has 0 unspecified atom stereocenters. The van der Waals surface area contributed by atoms with E-state index in [2.05, 4.69) is 5.32 Å². The first-order valence-corrected chi connectivity index (χ1v) is 5.57. The summed E-state index contributed by atoms with van der Waals surface area (Å²) in [6.45, 7) is 2.01. The zero-order valence-corrected chi connectivity index (χ0v) is 10.3. The van der Waals surface area contributed by atoms with Gasteiger partial charge in [-0.1, -0.05) is 17.7 Å². The SMILES string of the molecule is COc1cc(Nc2ccc(C)cc2)c(N)cc1F. The van der Waals surface area contributed by atoms with Crippen LogP contribution in [0, 0.1) is 12.7 Å². The van der Waals surface area contributed by atoms with Crippen molar-refractivity contribution in [3.8, 4) is 5.75 Å². The molecule has 0 fully saturated rings. The Morgan fingerprint density at radius 1 is 1.17 bits per heavy atom. The molecule has 0 aliphatic rings. The summed E-state index contributed by atoms with van der Waals surface area (Å²) in [6.07, 6.45) is 0. The quantitative estimate of drug-likeness (QED) is 0.815. The van der Waals surface area contributed by atoms with Gasteiger partial charge in [-0.05, 0) is 19.1 Å². The second kappa shape index (κ2) is 4.96. The molecule has 0 aliphatic heterocycles. The van der Waals surface area contributed by atoms with Gasteiger partial charge in [0.15, 0.2) is 11.6 Å². The van der Waals surface area contributed by atoms with Gasteiger partial charge in [-0.25, -0.2) is 4.39 Å². The predicted molar refractivity (Wildman–Crippen MR) is 71.8 cm³/mol. The van der Waals surface area contributed by atoms with Crippen LogP contribution in [0.3, 0.4) is 0 Å². The number of methoxy groups -OCH3 is 1. The lowest BCUT2D eigenvalue weighted by Gasteiger charge is -2.12. The van der Waals surface area contributed by atoms with Crippen LogP contribution in [0.15, 0.2) is 36.4 Å². The van der Waals surface area contributed by atoms with Gasteiger partial charge < -0.3 is 15.8 Å².